The lowest BCUT2D eigenvalue weighted by Gasteiger charge is -2.24. The Labute approximate surface area is 140 Å². The van der Waals surface area contributed by atoms with E-state index < -0.39 is 0 Å². The van der Waals surface area contributed by atoms with E-state index in [4.69, 9.17) is 9.26 Å². The first-order valence-electron chi connectivity index (χ1n) is 8.39. The zero-order valence-corrected chi connectivity index (χ0v) is 13.8. The van der Waals surface area contributed by atoms with Crippen molar-refractivity contribution in [1.82, 2.24) is 10.5 Å². The minimum atomic E-state index is -0.268. The maximum absolute atomic E-state index is 12.4. The Kier molecular flexibility index (Phi) is 5.13. The zero-order chi connectivity index (χ0) is 16.9. The van der Waals surface area contributed by atoms with E-state index in [9.17, 15) is 9.59 Å². The molecule has 0 unspecified atom stereocenters. The SMILES string of the molecule is COC(=O)[C@H]1CCCCC[C@@H]1NC(=O)Cc1noc2ccccc12. The fourth-order valence-corrected chi connectivity index (χ4v) is 3.39. The van der Waals surface area contributed by atoms with Crippen molar-refractivity contribution in [3.8, 4) is 0 Å². The van der Waals surface area contributed by atoms with Crippen LogP contribution in [0, 0.1) is 5.92 Å². The summed E-state index contributed by atoms with van der Waals surface area (Å²) in [6, 6.07) is 7.29. The van der Waals surface area contributed by atoms with E-state index >= 15 is 0 Å². The van der Waals surface area contributed by atoms with Gasteiger partial charge in [-0.3, -0.25) is 9.59 Å². The molecule has 0 radical (unpaired) electrons. The number of benzene rings is 1. The average molecular weight is 330 g/mol. The number of fused-ring (bicyclic) bond motifs is 1. The Morgan fingerprint density at radius 1 is 1.25 bits per heavy atom. The number of esters is 1. The van der Waals surface area contributed by atoms with Gasteiger partial charge in [0.05, 0.1) is 19.4 Å². The fourth-order valence-electron chi connectivity index (χ4n) is 3.39. The first-order valence-corrected chi connectivity index (χ1v) is 8.39. The van der Waals surface area contributed by atoms with Gasteiger partial charge in [0.1, 0.15) is 5.69 Å². The number of para-hydroxylation sites is 1. The van der Waals surface area contributed by atoms with Crippen LogP contribution in [0.4, 0.5) is 0 Å². The number of carbonyl (C=O) groups is 2. The highest BCUT2D eigenvalue weighted by Crippen LogP contribution is 2.25. The van der Waals surface area contributed by atoms with Crippen molar-refractivity contribution in [2.75, 3.05) is 7.11 Å². The lowest BCUT2D eigenvalue weighted by Crippen LogP contribution is -2.43. The van der Waals surface area contributed by atoms with Crippen LogP contribution in [0.15, 0.2) is 28.8 Å². The monoisotopic (exact) mass is 330 g/mol. The summed E-state index contributed by atoms with van der Waals surface area (Å²) >= 11 is 0. The van der Waals surface area contributed by atoms with E-state index in [1.165, 1.54) is 7.11 Å². The molecule has 2 atom stereocenters. The number of amides is 1. The van der Waals surface area contributed by atoms with E-state index in [0.717, 1.165) is 37.5 Å². The second-order valence-electron chi connectivity index (χ2n) is 6.24. The Balaban J connectivity index is 1.69. The van der Waals surface area contributed by atoms with Gasteiger partial charge in [0, 0.05) is 11.4 Å². The number of ether oxygens (including phenoxy) is 1. The summed E-state index contributed by atoms with van der Waals surface area (Å²) in [5.74, 6) is -0.653. The lowest BCUT2D eigenvalue weighted by molar-refractivity contribution is -0.147. The smallest absolute Gasteiger partial charge is 0.310 e. The highest BCUT2D eigenvalue weighted by molar-refractivity contribution is 5.86. The zero-order valence-electron chi connectivity index (χ0n) is 13.8. The van der Waals surface area contributed by atoms with Crippen molar-refractivity contribution in [1.29, 1.82) is 0 Å². The molecule has 1 saturated carbocycles. The quantitative estimate of drug-likeness (QED) is 0.688. The lowest BCUT2D eigenvalue weighted by atomic mass is 9.94. The van der Waals surface area contributed by atoms with Gasteiger partial charge in [-0.2, -0.15) is 0 Å². The molecule has 0 bridgehead atoms. The van der Waals surface area contributed by atoms with Crippen molar-refractivity contribution >= 4 is 22.8 Å². The molecular formula is C18H22N2O4. The summed E-state index contributed by atoms with van der Waals surface area (Å²) in [7, 11) is 1.40. The van der Waals surface area contributed by atoms with E-state index in [1.807, 2.05) is 24.3 Å². The van der Waals surface area contributed by atoms with E-state index in [2.05, 4.69) is 10.5 Å². The molecule has 1 aliphatic carbocycles. The minimum absolute atomic E-state index is 0.140. The molecule has 1 heterocycles. The highest BCUT2D eigenvalue weighted by atomic mass is 16.5. The third-order valence-electron chi connectivity index (χ3n) is 4.65. The van der Waals surface area contributed by atoms with Gasteiger partial charge >= 0.3 is 5.97 Å². The Hall–Kier alpha value is -2.37. The van der Waals surface area contributed by atoms with Crippen LogP contribution in [0.5, 0.6) is 0 Å². The van der Waals surface area contributed by atoms with Gasteiger partial charge in [0.15, 0.2) is 5.58 Å². The molecule has 3 rings (SSSR count). The van der Waals surface area contributed by atoms with Crippen LogP contribution in [-0.4, -0.2) is 30.2 Å². The third-order valence-corrected chi connectivity index (χ3v) is 4.65. The maximum atomic E-state index is 12.4. The molecule has 0 spiro atoms. The average Bonchev–Trinajstić information content (AvgIpc) is 2.85. The molecule has 1 N–H and O–H groups in total. The van der Waals surface area contributed by atoms with Gasteiger partial charge < -0.3 is 14.6 Å². The van der Waals surface area contributed by atoms with Crippen molar-refractivity contribution in [3.05, 3.63) is 30.0 Å². The number of aromatic nitrogens is 1. The molecule has 1 aromatic carbocycles. The number of rotatable bonds is 4. The number of carbonyl (C=O) groups excluding carboxylic acids is 2. The predicted molar refractivity (Wildman–Crippen MR) is 88.2 cm³/mol. The van der Waals surface area contributed by atoms with Gasteiger partial charge in [0.2, 0.25) is 5.91 Å². The highest BCUT2D eigenvalue weighted by Gasteiger charge is 2.31. The summed E-state index contributed by atoms with van der Waals surface area (Å²) in [6.07, 6.45) is 4.76. The molecule has 24 heavy (non-hydrogen) atoms. The van der Waals surface area contributed by atoms with E-state index in [0.29, 0.717) is 11.3 Å². The summed E-state index contributed by atoms with van der Waals surface area (Å²) in [5, 5.41) is 7.84. The summed E-state index contributed by atoms with van der Waals surface area (Å²) in [5.41, 5.74) is 1.29. The number of methoxy groups -OCH3 is 1. The van der Waals surface area contributed by atoms with Crippen LogP contribution < -0.4 is 5.32 Å². The predicted octanol–water partition coefficient (Wildman–Crippen LogP) is 2.61. The Morgan fingerprint density at radius 3 is 2.88 bits per heavy atom. The van der Waals surface area contributed by atoms with Gasteiger partial charge in [-0.05, 0) is 25.0 Å². The molecule has 128 valence electrons. The summed E-state index contributed by atoms with van der Waals surface area (Å²) in [4.78, 5) is 24.4. The second-order valence-corrected chi connectivity index (χ2v) is 6.24. The number of nitrogens with one attached hydrogen (secondary N) is 1. The number of hydrogen-bond acceptors (Lipinski definition) is 5. The Bertz CT molecular complexity index is 725. The third kappa shape index (κ3) is 3.58. The molecule has 0 aliphatic heterocycles. The summed E-state index contributed by atoms with van der Waals surface area (Å²) in [6.45, 7) is 0. The van der Waals surface area contributed by atoms with Crippen molar-refractivity contribution in [3.63, 3.8) is 0 Å². The molecule has 6 heteroatoms. The van der Waals surface area contributed by atoms with Gasteiger partial charge in [-0.15, -0.1) is 0 Å². The molecule has 1 amide bonds. The van der Waals surface area contributed by atoms with Crippen LogP contribution in [0.3, 0.4) is 0 Å². The maximum Gasteiger partial charge on any atom is 0.310 e. The Morgan fingerprint density at radius 2 is 2.04 bits per heavy atom. The van der Waals surface area contributed by atoms with Crippen LogP contribution in [0.25, 0.3) is 11.0 Å². The van der Waals surface area contributed by atoms with Crippen molar-refractivity contribution in [2.45, 2.75) is 44.6 Å². The molecule has 0 saturated heterocycles. The summed E-state index contributed by atoms with van der Waals surface area (Å²) < 4.78 is 10.1. The molecule has 6 nitrogen and oxygen atoms in total. The molecule has 1 aromatic heterocycles. The van der Waals surface area contributed by atoms with Crippen molar-refractivity contribution in [2.24, 2.45) is 5.92 Å². The number of hydrogen-bond donors (Lipinski definition) is 1. The van der Waals surface area contributed by atoms with Gasteiger partial charge in [0.25, 0.3) is 0 Å². The molecule has 1 fully saturated rings. The molecular weight excluding hydrogens is 308 g/mol. The standard InChI is InChI=1S/C18H22N2O4/c1-23-18(22)13-8-3-2-4-9-14(13)19-17(21)11-15-12-7-5-6-10-16(12)24-20-15/h5-7,10,13-14H,2-4,8-9,11H2,1H3,(H,19,21)/t13-,14-/m0/s1. The number of nitrogens with zero attached hydrogens (tertiary/aromatic N) is 1. The van der Waals surface area contributed by atoms with Crippen LogP contribution in [0.2, 0.25) is 0 Å². The van der Waals surface area contributed by atoms with Crippen LogP contribution in [0.1, 0.15) is 37.8 Å². The van der Waals surface area contributed by atoms with Gasteiger partial charge in [-0.25, -0.2) is 0 Å². The molecule has 1 aliphatic rings. The largest absolute Gasteiger partial charge is 0.469 e. The van der Waals surface area contributed by atoms with Crippen LogP contribution in [-0.2, 0) is 20.7 Å². The second kappa shape index (κ2) is 7.47. The minimum Gasteiger partial charge on any atom is -0.469 e. The van der Waals surface area contributed by atoms with E-state index in [1.54, 1.807) is 0 Å². The van der Waals surface area contributed by atoms with Crippen molar-refractivity contribution < 1.29 is 18.8 Å². The molecule has 2 aromatic rings. The van der Waals surface area contributed by atoms with Gasteiger partial charge in [-0.1, -0.05) is 36.6 Å². The first-order chi connectivity index (χ1) is 11.7. The fraction of sp³-hybridized carbons (Fsp3) is 0.500. The van der Waals surface area contributed by atoms with E-state index in [-0.39, 0.29) is 30.3 Å². The van der Waals surface area contributed by atoms with Crippen LogP contribution >= 0.6 is 0 Å². The first kappa shape index (κ1) is 16.5. The topological polar surface area (TPSA) is 81.4 Å². The normalized spacial score (nSPS) is 21.2.